The third kappa shape index (κ3) is 4.82. The molecule has 2 aromatic rings. The predicted molar refractivity (Wildman–Crippen MR) is 86.3 cm³/mol. The van der Waals surface area contributed by atoms with Crippen LogP contribution in [0.25, 0.3) is 11.3 Å². The number of hydrogen-bond donors (Lipinski definition) is 1. The SMILES string of the molecule is COc1ccc(-c2cc(CN(CCC(=O)O)C(C)C)on2)cc1. The van der Waals surface area contributed by atoms with Gasteiger partial charge in [-0.05, 0) is 38.1 Å². The van der Waals surface area contributed by atoms with Crippen LogP contribution in [0.5, 0.6) is 5.75 Å². The molecule has 0 bridgehead atoms. The zero-order chi connectivity index (χ0) is 16.8. The van der Waals surface area contributed by atoms with Gasteiger partial charge < -0.3 is 14.4 Å². The van der Waals surface area contributed by atoms with Crippen molar-refractivity contribution in [3.63, 3.8) is 0 Å². The van der Waals surface area contributed by atoms with Gasteiger partial charge in [-0.2, -0.15) is 0 Å². The molecule has 6 nitrogen and oxygen atoms in total. The molecule has 0 atom stereocenters. The molecule has 0 saturated carbocycles. The lowest BCUT2D eigenvalue weighted by molar-refractivity contribution is -0.137. The lowest BCUT2D eigenvalue weighted by atomic mass is 10.1. The number of benzene rings is 1. The second-order valence-electron chi connectivity index (χ2n) is 5.61. The first-order valence-corrected chi connectivity index (χ1v) is 7.55. The fourth-order valence-electron chi connectivity index (χ4n) is 2.24. The molecule has 0 amide bonds. The number of rotatable bonds is 8. The van der Waals surface area contributed by atoms with Gasteiger partial charge in [0.05, 0.1) is 20.1 Å². The highest BCUT2D eigenvalue weighted by Crippen LogP contribution is 2.23. The fourth-order valence-corrected chi connectivity index (χ4v) is 2.24. The number of carboxylic acids is 1. The first-order chi connectivity index (χ1) is 11.0. The summed E-state index contributed by atoms with van der Waals surface area (Å²) in [7, 11) is 1.63. The molecule has 0 saturated heterocycles. The summed E-state index contributed by atoms with van der Waals surface area (Å²) in [6, 6.07) is 9.70. The second kappa shape index (κ2) is 7.78. The number of aliphatic carboxylic acids is 1. The maximum Gasteiger partial charge on any atom is 0.304 e. The Bertz CT molecular complexity index is 634. The van der Waals surface area contributed by atoms with Crippen LogP contribution in [-0.2, 0) is 11.3 Å². The monoisotopic (exact) mass is 318 g/mol. The Labute approximate surface area is 135 Å². The topological polar surface area (TPSA) is 75.8 Å². The van der Waals surface area contributed by atoms with Crippen LogP contribution in [0, 0.1) is 0 Å². The predicted octanol–water partition coefficient (Wildman–Crippen LogP) is 3.04. The van der Waals surface area contributed by atoms with Crippen LogP contribution in [0.3, 0.4) is 0 Å². The Morgan fingerprint density at radius 2 is 2.04 bits per heavy atom. The molecular formula is C17H22N2O4. The smallest absolute Gasteiger partial charge is 0.304 e. The summed E-state index contributed by atoms with van der Waals surface area (Å²) >= 11 is 0. The number of methoxy groups -OCH3 is 1. The maximum absolute atomic E-state index is 10.7. The second-order valence-corrected chi connectivity index (χ2v) is 5.61. The molecule has 1 aromatic carbocycles. The van der Waals surface area contributed by atoms with E-state index in [9.17, 15) is 4.79 Å². The van der Waals surface area contributed by atoms with Crippen molar-refractivity contribution in [3.8, 4) is 17.0 Å². The molecule has 1 aromatic heterocycles. The fraction of sp³-hybridized carbons (Fsp3) is 0.412. The van der Waals surface area contributed by atoms with E-state index >= 15 is 0 Å². The van der Waals surface area contributed by atoms with Crippen molar-refractivity contribution >= 4 is 5.97 Å². The highest BCUT2D eigenvalue weighted by atomic mass is 16.5. The van der Waals surface area contributed by atoms with Crippen LogP contribution >= 0.6 is 0 Å². The molecule has 0 unspecified atom stereocenters. The summed E-state index contributed by atoms with van der Waals surface area (Å²) in [5, 5.41) is 12.9. The molecule has 0 aliphatic rings. The summed E-state index contributed by atoms with van der Waals surface area (Å²) in [5.41, 5.74) is 1.70. The van der Waals surface area contributed by atoms with Gasteiger partial charge >= 0.3 is 5.97 Å². The minimum absolute atomic E-state index is 0.109. The Kier molecular flexibility index (Phi) is 5.76. The van der Waals surface area contributed by atoms with Gasteiger partial charge in [-0.3, -0.25) is 9.69 Å². The quantitative estimate of drug-likeness (QED) is 0.806. The Morgan fingerprint density at radius 3 is 2.61 bits per heavy atom. The van der Waals surface area contributed by atoms with Crippen molar-refractivity contribution < 1.29 is 19.2 Å². The third-order valence-corrected chi connectivity index (χ3v) is 3.65. The standard InChI is InChI=1S/C17H22N2O4/c1-12(2)19(9-8-17(20)21)11-15-10-16(18-23-15)13-4-6-14(22-3)7-5-13/h4-7,10,12H,8-9,11H2,1-3H3,(H,20,21). The highest BCUT2D eigenvalue weighted by Gasteiger charge is 2.15. The summed E-state index contributed by atoms with van der Waals surface area (Å²) < 4.78 is 10.5. The molecule has 124 valence electrons. The van der Waals surface area contributed by atoms with Crippen LogP contribution < -0.4 is 4.74 Å². The number of carboxylic acid groups (broad SMARTS) is 1. The van der Waals surface area contributed by atoms with E-state index in [2.05, 4.69) is 5.16 Å². The van der Waals surface area contributed by atoms with Crippen molar-refractivity contribution in [2.45, 2.75) is 32.9 Å². The number of nitrogens with zero attached hydrogens (tertiary/aromatic N) is 2. The third-order valence-electron chi connectivity index (χ3n) is 3.65. The van der Waals surface area contributed by atoms with Crippen LogP contribution in [0.15, 0.2) is 34.9 Å². The van der Waals surface area contributed by atoms with E-state index in [-0.39, 0.29) is 12.5 Å². The van der Waals surface area contributed by atoms with E-state index in [0.29, 0.717) is 13.1 Å². The van der Waals surface area contributed by atoms with Gasteiger partial charge in [0.25, 0.3) is 0 Å². The number of aromatic nitrogens is 1. The largest absolute Gasteiger partial charge is 0.497 e. The number of ether oxygens (including phenoxy) is 1. The molecule has 0 radical (unpaired) electrons. The van der Waals surface area contributed by atoms with Crippen LogP contribution in [0.2, 0.25) is 0 Å². The summed E-state index contributed by atoms with van der Waals surface area (Å²) in [4.78, 5) is 12.8. The lowest BCUT2D eigenvalue weighted by Crippen LogP contribution is -2.32. The van der Waals surface area contributed by atoms with Gasteiger partial charge in [-0.25, -0.2) is 0 Å². The van der Waals surface area contributed by atoms with Crippen molar-refractivity contribution in [2.75, 3.05) is 13.7 Å². The molecule has 1 N–H and O–H groups in total. The van der Waals surface area contributed by atoms with Crippen molar-refractivity contribution in [1.82, 2.24) is 10.1 Å². The molecule has 0 spiro atoms. The van der Waals surface area contributed by atoms with E-state index in [1.807, 2.05) is 49.1 Å². The Hall–Kier alpha value is -2.34. The van der Waals surface area contributed by atoms with Gasteiger partial charge in [0.15, 0.2) is 5.76 Å². The zero-order valence-electron chi connectivity index (χ0n) is 13.7. The van der Waals surface area contributed by atoms with E-state index in [4.69, 9.17) is 14.4 Å². The number of carbonyl (C=O) groups is 1. The summed E-state index contributed by atoms with van der Waals surface area (Å²) in [6.45, 7) is 5.07. The highest BCUT2D eigenvalue weighted by molar-refractivity contribution is 5.66. The lowest BCUT2D eigenvalue weighted by Gasteiger charge is -2.24. The van der Waals surface area contributed by atoms with Crippen molar-refractivity contribution in [1.29, 1.82) is 0 Å². The normalized spacial score (nSPS) is 11.2. The Balaban J connectivity index is 2.06. The van der Waals surface area contributed by atoms with Gasteiger partial charge in [-0.15, -0.1) is 0 Å². The maximum atomic E-state index is 10.7. The van der Waals surface area contributed by atoms with Crippen LogP contribution in [-0.4, -0.2) is 40.8 Å². The van der Waals surface area contributed by atoms with Gasteiger partial charge in [0.2, 0.25) is 0 Å². The van der Waals surface area contributed by atoms with E-state index in [1.165, 1.54) is 0 Å². The van der Waals surface area contributed by atoms with Gasteiger partial charge in [0.1, 0.15) is 11.4 Å². The minimum atomic E-state index is -0.799. The molecule has 2 rings (SSSR count). The van der Waals surface area contributed by atoms with Crippen LogP contribution in [0.1, 0.15) is 26.0 Å². The van der Waals surface area contributed by atoms with E-state index in [0.717, 1.165) is 22.8 Å². The molecule has 0 aliphatic carbocycles. The molecular weight excluding hydrogens is 296 g/mol. The Morgan fingerprint density at radius 1 is 1.35 bits per heavy atom. The summed E-state index contributed by atoms with van der Waals surface area (Å²) in [5.74, 6) is 0.708. The zero-order valence-corrected chi connectivity index (χ0v) is 13.7. The van der Waals surface area contributed by atoms with Crippen LogP contribution in [0.4, 0.5) is 0 Å². The first kappa shape index (κ1) is 17.0. The number of hydrogen-bond acceptors (Lipinski definition) is 5. The molecule has 23 heavy (non-hydrogen) atoms. The van der Waals surface area contributed by atoms with E-state index < -0.39 is 5.97 Å². The van der Waals surface area contributed by atoms with Crippen molar-refractivity contribution in [2.24, 2.45) is 0 Å². The van der Waals surface area contributed by atoms with Crippen molar-refractivity contribution in [3.05, 3.63) is 36.1 Å². The average molecular weight is 318 g/mol. The first-order valence-electron chi connectivity index (χ1n) is 7.55. The molecule has 0 fully saturated rings. The molecule has 0 aliphatic heterocycles. The average Bonchev–Trinajstić information content (AvgIpc) is 2.99. The molecule has 6 heteroatoms. The molecule has 1 heterocycles. The minimum Gasteiger partial charge on any atom is -0.497 e. The van der Waals surface area contributed by atoms with Gasteiger partial charge in [0, 0.05) is 24.2 Å². The van der Waals surface area contributed by atoms with E-state index in [1.54, 1.807) is 7.11 Å². The van der Waals surface area contributed by atoms with Gasteiger partial charge in [-0.1, -0.05) is 5.16 Å². The summed E-state index contributed by atoms with van der Waals surface area (Å²) in [6.07, 6.45) is 0.109.